The zero-order chi connectivity index (χ0) is 8.81. The van der Waals surface area contributed by atoms with Crippen molar-refractivity contribution in [2.75, 3.05) is 0 Å². The van der Waals surface area contributed by atoms with Gasteiger partial charge in [-0.1, -0.05) is 12.2 Å². The van der Waals surface area contributed by atoms with Crippen LogP contribution in [0.5, 0.6) is 0 Å². The molecule has 1 rings (SSSR count). The highest BCUT2D eigenvalue weighted by Gasteiger charge is 2.16. The van der Waals surface area contributed by atoms with Crippen LogP contribution in [0, 0.1) is 18.3 Å². The number of carbonyl (C=O) groups excluding carboxylic acids is 1. The topological polar surface area (TPSA) is 17.1 Å². The van der Waals surface area contributed by atoms with Gasteiger partial charge in [0.2, 0.25) is 0 Å². The van der Waals surface area contributed by atoms with Gasteiger partial charge in [0.05, 0.1) is 0 Å². The minimum Gasteiger partial charge on any atom is -0.299 e. The lowest BCUT2D eigenvalue weighted by molar-refractivity contribution is -0.122. The number of rotatable bonds is 1. The number of allylic oxidation sites excluding steroid dienone is 2. The Bertz CT molecular complexity index is 220. The van der Waals surface area contributed by atoms with Crippen LogP contribution in [-0.2, 0) is 4.79 Å². The zero-order valence-corrected chi connectivity index (χ0v) is 7.25. The summed E-state index contributed by atoms with van der Waals surface area (Å²) in [5.74, 6) is 3.04. The van der Waals surface area contributed by atoms with Gasteiger partial charge in [-0.25, -0.2) is 0 Å². The third kappa shape index (κ3) is 2.54. The number of hydrogen-bond acceptors (Lipinski definition) is 1. The predicted octanol–water partition coefficient (Wildman–Crippen LogP) is 2.33. The Kier molecular flexibility index (Phi) is 3.60. The molecule has 1 atom stereocenters. The van der Waals surface area contributed by atoms with Crippen molar-refractivity contribution in [1.29, 1.82) is 0 Å². The monoisotopic (exact) mass is 162 g/mol. The highest BCUT2D eigenvalue weighted by Crippen LogP contribution is 2.18. The van der Waals surface area contributed by atoms with Gasteiger partial charge in [0, 0.05) is 18.8 Å². The quantitative estimate of drug-likeness (QED) is 0.427. The Morgan fingerprint density at radius 3 is 3.00 bits per heavy atom. The third-order valence-electron chi connectivity index (χ3n) is 2.23. The number of ketones is 1. The fourth-order valence-electron chi connectivity index (χ4n) is 1.48. The van der Waals surface area contributed by atoms with Crippen LogP contribution in [0.1, 0.15) is 32.1 Å². The van der Waals surface area contributed by atoms with Gasteiger partial charge in [0.25, 0.3) is 0 Å². The average Bonchev–Trinajstić information content (AvgIpc) is 2.05. The van der Waals surface area contributed by atoms with Crippen molar-refractivity contribution in [2.24, 2.45) is 5.92 Å². The van der Waals surface area contributed by atoms with Crippen molar-refractivity contribution in [3.8, 4) is 12.3 Å². The normalized spacial score (nSPS) is 26.9. The highest BCUT2D eigenvalue weighted by molar-refractivity contribution is 5.81. The Morgan fingerprint density at radius 2 is 2.25 bits per heavy atom. The molecule has 1 nitrogen and oxygen atoms in total. The summed E-state index contributed by atoms with van der Waals surface area (Å²) < 4.78 is 0. The largest absolute Gasteiger partial charge is 0.299 e. The summed E-state index contributed by atoms with van der Waals surface area (Å²) in [6, 6.07) is 0. The van der Waals surface area contributed by atoms with Crippen molar-refractivity contribution in [3.05, 3.63) is 12.2 Å². The molecule has 0 saturated heterocycles. The first-order chi connectivity index (χ1) is 5.84. The third-order valence-corrected chi connectivity index (χ3v) is 2.23. The molecule has 0 unspecified atom stereocenters. The molecule has 1 aliphatic rings. The van der Waals surface area contributed by atoms with Crippen LogP contribution >= 0.6 is 0 Å². The Morgan fingerprint density at radius 1 is 1.50 bits per heavy atom. The molecular weight excluding hydrogens is 148 g/mol. The molecular formula is C11H14O. The van der Waals surface area contributed by atoms with Crippen molar-refractivity contribution in [2.45, 2.75) is 32.1 Å². The van der Waals surface area contributed by atoms with Gasteiger partial charge in [0.1, 0.15) is 5.78 Å². The van der Waals surface area contributed by atoms with E-state index in [1.807, 2.05) is 0 Å². The van der Waals surface area contributed by atoms with Crippen molar-refractivity contribution in [3.63, 3.8) is 0 Å². The lowest BCUT2D eigenvalue weighted by Gasteiger charge is -2.12. The van der Waals surface area contributed by atoms with E-state index in [0.29, 0.717) is 18.6 Å². The maximum atomic E-state index is 11.4. The fraction of sp³-hybridized carbons (Fsp3) is 0.545. The molecule has 0 aromatic heterocycles. The van der Waals surface area contributed by atoms with Crippen LogP contribution in [0.2, 0.25) is 0 Å². The van der Waals surface area contributed by atoms with Crippen LogP contribution < -0.4 is 0 Å². The van der Waals surface area contributed by atoms with E-state index < -0.39 is 0 Å². The lowest BCUT2D eigenvalue weighted by Crippen LogP contribution is -2.14. The number of carbonyl (C=O) groups is 1. The maximum absolute atomic E-state index is 11.4. The smallest absolute Gasteiger partial charge is 0.137 e. The molecule has 0 spiro atoms. The lowest BCUT2D eigenvalue weighted by atomic mass is 9.90. The molecule has 0 heterocycles. The minimum atomic E-state index is 0.125. The van der Waals surface area contributed by atoms with Gasteiger partial charge >= 0.3 is 0 Å². The SMILES string of the molecule is C#CC[C@@H]1CC/C=C/CCC1=O. The van der Waals surface area contributed by atoms with E-state index in [0.717, 1.165) is 19.3 Å². The van der Waals surface area contributed by atoms with Crippen LogP contribution in [0.4, 0.5) is 0 Å². The van der Waals surface area contributed by atoms with Gasteiger partial charge in [-0.3, -0.25) is 4.79 Å². The van der Waals surface area contributed by atoms with E-state index in [9.17, 15) is 4.79 Å². The maximum Gasteiger partial charge on any atom is 0.137 e. The van der Waals surface area contributed by atoms with E-state index in [1.54, 1.807) is 0 Å². The van der Waals surface area contributed by atoms with Crippen molar-refractivity contribution >= 4 is 5.78 Å². The summed E-state index contributed by atoms with van der Waals surface area (Å²) >= 11 is 0. The van der Waals surface area contributed by atoms with Gasteiger partial charge in [0.15, 0.2) is 0 Å². The van der Waals surface area contributed by atoms with Crippen LogP contribution in [0.15, 0.2) is 12.2 Å². The Labute approximate surface area is 73.9 Å². The van der Waals surface area contributed by atoms with E-state index >= 15 is 0 Å². The first-order valence-corrected chi connectivity index (χ1v) is 4.45. The van der Waals surface area contributed by atoms with Crippen LogP contribution in [-0.4, -0.2) is 5.78 Å². The molecule has 0 aliphatic heterocycles. The summed E-state index contributed by atoms with van der Waals surface area (Å²) in [6.45, 7) is 0. The predicted molar refractivity (Wildman–Crippen MR) is 49.6 cm³/mol. The first kappa shape index (κ1) is 9.06. The van der Waals surface area contributed by atoms with E-state index in [1.165, 1.54) is 0 Å². The van der Waals surface area contributed by atoms with E-state index in [4.69, 9.17) is 6.42 Å². The summed E-state index contributed by atoms with van der Waals surface area (Å²) in [4.78, 5) is 11.4. The van der Waals surface area contributed by atoms with Crippen LogP contribution in [0.3, 0.4) is 0 Å². The molecule has 0 aromatic carbocycles. The summed E-state index contributed by atoms with van der Waals surface area (Å²) in [6.07, 6.45) is 13.5. The number of hydrogen-bond donors (Lipinski definition) is 0. The van der Waals surface area contributed by atoms with Crippen molar-refractivity contribution in [1.82, 2.24) is 0 Å². The molecule has 0 N–H and O–H groups in total. The summed E-state index contributed by atoms with van der Waals surface area (Å²) in [5.41, 5.74) is 0. The minimum absolute atomic E-state index is 0.125. The summed E-state index contributed by atoms with van der Waals surface area (Å²) in [7, 11) is 0. The highest BCUT2D eigenvalue weighted by atomic mass is 16.1. The molecule has 0 bridgehead atoms. The summed E-state index contributed by atoms with van der Waals surface area (Å²) in [5, 5.41) is 0. The van der Waals surface area contributed by atoms with Crippen molar-refractivity contribution < 1.29 is 4.79 Å². The molecule has 1 aliphatic carbocycles. The van der Waals surface area contributed by atoms with E-state index in [2.05, 4.69) is 18.1 Å². The average molecular weight is 162 g/mol. The van der Waals surface area contributed by atoms with Crippen LogP contribution in [0.25, 0.3) is 0 Å². The molecule has 1 heteroatoms. The van der Waals surface area contributed by atoms with Gasteiger partial charge in [-0.05, 0) is 19.3 Å². The fourth-order valence-corrected chi connectivity index (χ4v) is 1.48. The van der Waals surface area contributed by atoms with Gasteiger partial charge in [-0.2, -0.15) is 0 Å². The Balaban J connectivity index is 2.53. The molecule has 0 aromatic rings. The second-order valence-electron chi connectivity index (χ2n) is 3.16. The second kappa shape index (κ2) is 4.77. The van der Waals surface area contributed by atoms with Gasteiger partial charge < -0.3 is 0 Å². The van der Waals surface area contributed by atoms with Gasteiger partial charge in [-0.15, -0.1) is 12.3 Å². The standard InChI is InChI=1S/C11H14O/c1-2-7-10-8-5-3-4-6-9-11(10)12/h1,3-4,10H,5-9H2/b4-3+/t10-/m1/s1. The molecule has 64 valence electrons. The molecule has 12 heavy (non-hydrogen) atoms. The first-order valence-electron chi connectivity index (χ1n) is 4.45. The molecule has 0 amide bonds. The molecule has 0 fully saturated rings. The number of terminal acetylenes is 1. The second-order valence-corrected chi connectivity index (χ2v) is 3.16. The zero-order valence-electron chi connectivity index (χ0n) is 7.25. The molecule has 0 saturated carbocycles. The number of Topliss-reactive ketones (excluding diaryl/α,β-unsaturated/α-hetero) is 1. The molecule has 0 radical (unpaired) electrons. The van der Waals surface area contributed by atoms with E-state index in [-0.39, 0.29) is 5.92 Å². The Hall–Kier alpha value is -1.03.